The number of rotatable bonds is 5. The number of hydrogen-bond donors (Lipinski definition) is 1. The second-order valence-electron chi connectivity index (χ2n) is 8.85. The van der Waals surface area contributed by atoms with Gasteiger partial charge in [0.25, 0.3) is 0 Å². The molecular formula is C21H27BrN4. The van der Waals surface area contributed by atoms with Gasteiger partial charge in [-0.1, -0.05) is 15.9 Å². The van der Waals surface area contributed by atoms with Gasteiger partial charge in [-0.25, -0.2) is 4.98 Å². The highest BCUT2D eigenvalue weighted by molar-refractivity contribution is 9.10. The fourth-order valence-electron chi connectivity index (χ4n) is 5.26. The average molecular weight is 415 g/mol. The molecule has 4 fully saturated rings. The molecule has 1 N–H and O–H groups in total. The highest BCUT2D eigenvalue weighted by atomic mass is 79.9. The van der Waals surface area contributed by atoms with Crippen molar-refractivity contribution >= 4 is 21.7 Å². The van der Waals surface area contributed by atoms with Crippen LogP contribution in [0.15, 0.2) is 28.9 Å². The molecule has 4 saturated carbocycles. The third kappa shape index (κ3) is 2.88. The lowest BCUT2D eigenvalue weighted by atomic mass is 9.52. The Morgan fingerprint density at radius 1 is 1.15 bits per heavy atom. The van der Waals surface area contributed by atoms with E-state index in [0.29, 0.717) is 10.8 Å². The van der Waals surface area contributed by atoms with Crippen LogP contribution < -0.4 is 5.32 Å². The number of aryl methyl sites for hydroxylation is 1. The summed E-state index contributed by atoms with van der Waals surface area (Å²) in [6.45, 7) is 1.05. The van der Waals surface area contributed by atoms with Crippen LogP contribution in [0.25, 0.3) is 0 Å². The Hall–Kier alpha value is -1.36. The molecule has 138 valence electrons. The first-order valence-corrected chi connectivity index (χ1v) is 10.8. The maximum atomic E-state index is 4.85. The minimum absolute atomic E-state index is 0.380. The Bertz CT molecular complexity index is 799. The van der Waals surface area contributed by atoms with Crippen molar-refractivity contribution in [3.05, 3.63) is 40.3 Å². The highest BCUT2D eigenvalue weighted by Crippen LogP contribution is 2.58. The third-order valence-corrected chi connectivity index (χ3v) is 7.70. The van der Waals surface area contributed by atoms with E-state index in [1.807, 2.05) is 12.3 Å². The number of fused-ring (bicyclic) bond motifs is 3. The minimum Gasteiger partial charge on any atom is -0.369 e. The van der Waals surface area contributed by atoms with Crippen LogP contribution in [0.5, 0.6) is 0 Å². The van der Waals surface area contributed by atoms with Gasteiger partial charge in [0.1, 0.15) is 5.82 Å². The van der Waals surface area contributed by atoms with Crippen LogP contribution in [0.1, 0.15) is 68.7 Å². The van der Waals surface area contributed by atoms with Gasteiger partial charge in [-0.2, -0.15) is 5.10 Å². The Balaban J connectivity index is 1.29. The van der Waals surface area contributed by atoms with Crippen LogP contribution in [-0.4, -0.2) is 21.3 Å². The van der Waals surface area contributed by atoms with Crippen LogP contribution in [0.4, 0.5) is 5.82 Å². The van der Waals surface area contributed by atoms with Gasteiger partial charge in [-0.05, 0) is 75.0 Å². The Kier molecular flexibility index (Phi) is 3.93. The van der Waals surface area contributed by atoms with Crippen molar-refractivity contribution < 1.29 is 0 Å². The molecule has 2 aromatic rings. The number of halogens is 1. The second kappa shape index (κ2) is 6.08. The number of nitrogens with one attached hydrogen (secondary N) is 1. The molecule has 26 heavy (non-hydrogen) atoms. The lowest BCUT2D eigenvalue weighted by molar-refractivity contribution is 0.0462. The summed E-state index contributed by atoms with van der Waals surface area (Å²) >= 11 is 3.53. The van der Waals surface area contributed by atoms with E-state index in [-0.39, 0.29) is 0 Å². The minimum atomic E-state index is 0.380. The zero-order valence-electron chi connectivity index (χ0n) is 15.5. The summed E-state index contributed by atoms with van der Waals surface area (Å²) in [5.74, 6) is 1.73. The second-order valence-corrected chi connectivity index (χ2v) is 9.76. The normalized spacial score (nSPS) is 30.5. The van der Waals surface area contributed by atoms with Crippen LogP contribution in [0.3, 0.4) is 0 Å². The zero-order chi connectivity index (χ0) is 17.8. The summed E-state index contributed by atoms with van der Waals surface area (Å²) in [7, 11) is 2.16. The van der Waals surface area contributed by atoms with Gasteiger partial charge in [0, 0.05) is 41.3 Å². The van der Waals surface area contributed by atoms with Crippen LogP contribution in [0, 0.1) is 5.41 Å². The number of anilines is 1. The molecule has 6 rings (SSSR count). The summed E-state index contributed by atoms with van der Waals surface area (Å²) in [6, 6.07) is 6.49. The van der Waals surface area contributed by atoms with Crippen LogP contribution >= 0.6 is 15.9 Å². The SMILES string of the molecule is Cn1nc(C2CC2)cc1C12CCC(CNc3cc(Br)ccn3)(CC1)CC2. The molecule has 0 aromatic carbocycles. The molecule has 4 aliphatic carbocycles. The first-order valence-electron chi connectivity index (χ1n) is 9.98. The predicted molar refractivity (Wildman–Crippen MR) is 107 cm³/mol. The summed E-state index contributed by atoms with van der Waals surface area (Å²) in [5, 5.41) is 8.46. The van der Waals surface area contributed by atoms with Crippen LogP contribution in [-0.2, 0) is 12.5 Å². The largest absolute Gasteiger partial charge is 0.369 e. The fourth-order valence-corrected chi connectivity index (χ4v) is 5.59. The topological polar surface area (TPSA) is 42.7 Å². The van der Waals surface area contributed by atoms with E-state index in [1.54, 1.807) is 0 Å². The molecule has 4 aliphatic rings. The summed E-state index contributed by atoms with van der Waals surface area (Å²) in [4.78, 5) is 4.45. The maximum absolute atomic E-state index is 4.85. The number of hydrogen-bond acceptors (Lipinski definition) is 3. The van der Waals surface area contributed by atoms with E-state index in [2.05, 4.69) is 50.1 Å². The Labute approximate surface area is 163 Å². The van der Waals surface area contributed by atoms with Crippen molar-refractivity contribution in [2.75, 3.05) is 11.9 Å². The van der Waals surface area contributed by atoms with Crippen molar-refractivity contribution in [2.45, 2.75) is 62.7 Å². The van der Waals surface area contributed by atoms with E-state index in [4.69, 9.17) is 5.10 Å². The van der Waals surface area contributed by atoms with Gasteiger partial charge in [0.15, 0.2) is 0 Å². The summed E-state index contributed by atoms with van der Waals surface area (Å²) in [6.07, 6.45) is 12.4. The van der Waals surface area contributed by atoms with E-state index in [0.717, 1.165) is 22.8 Å². The van der Waals surface area contributed by atoms with Crippen molar-refractivity contribution in [3.63, 3.8) is 0 Å². The molecule has 0 radical (unpaired) electrons. The molecule has 2 aromatic heterocycles. The van der Waals surface area contributed by atoms with E-state index < -0.39 is 0 Å². The molecule has 4 nitrogen and oxygen atoms in total. The van der Waals surface area contributed by atoms with Crippen LogP contribution in [0.2, 0.25) is 0 Å². The lowest BCUT2D eigenvalue weighted by Crippen LogP contribution is -2.47. The van der Waals surface area contributed by atoms with Crippen molar-refractivity contribution in [1.29, 1.82) is 0 Å². The molecule has 2 bridgehead atoms. The van der Waals surface area contributed by atoms with E-state index in [9.17, 15) is 0 Å². The smallest absolute Gasteiger partial charge is 0.127 e. The first kappa shape index (κ1) is 16.8. The number of nitrogens with zero attached hydrogens (tertiary/aromatic N) is 3. The van der Waals surface area contributed by atoms with Gasteiger partial charge in [-0.15, -0.1) is 0 Å². The monoisotopic (exact) mass is 414 g/mol. The van der Waals surface area contributed by atoms with Gasteiger partial charge in [-0.3, -0.25) is 4.68 Å². The molecule has 2 heterocycles. The highest BCUT2D eigenvalue weighted by Gasteiger charge is 2.50. The van der Waals surface area contributed by atoms with Crippen molar-refractivity contribution in [3.8, 4) is 0 Å². The number of aromatic nitrogens is 3. The summed E-state index contributed by atoms with van der Waals surface area (Å²) in [5.41, 5.74) is 3.69. The molecule has 0 amide bonds. The summed E-state index contributed by atoms with van der Waals surface area (Å²) < 4.78 is 3.29. The first-order chi connectivity index (χ1) is 12.6. The van der Waals surface area contributed by atoms with Gasteiger partial charge in [0.2, 0.25) is 0 Å². The Morgan fingerprint density at radius 3 is 2.54 bits per heavy atom. The van der Waals surface area contributed by atoms with Gasteiger partial charge < -0.3 is 5.32 Å². The Morgan fingerprint density at radius 2 is 1.88 bits per heavy atom. The molecule has 0 unspecified atom stereocenters. The molecule has 0 atom stereocenters. The fraction of sp³-hybridized carbons (Fsp3) is 0.619. The van der Waals surface area contributed by atoms with Gasteiger partial charge in [0.05, 0.1) is 5.69 Å². The number of pyridine rings is 1. The van der Waals surface area contributed by atoms with Crippen molar-refractivity contribution in [1.82, 2.24) is 14.8 Å². The average Bonchev–Trinajstić information content (AvgIpc) is 3.44. The van der Waals surface area contributed by atoms with E-state index >= 15 is 0 Å². The zero-order valence-corrected chi connectivity index (χ0v) is 17.1. The van der Waals surface area contributed by atoms with Crippen molar-refractivity contribution in [2.24, 2.45) is 12.5 Å². The molecule has 0 spiro atoms. The predicted octanol–water partition coefficient (Wildman–Crippen LogP) is 5.16. The van der Waals surface area contributed by atoms with E-state index in [1.165, 1.54) is 62.8 Å². The standard InChI is InChI=1S/C21H27BrN4/c1-26-18(13-17(25-26)15-2-3-15)21-8-5-20(6-9-21,7-10-21)14-24-19-12-16(22)4-11-23-19/h4,11-13,15H,2-3,5-10,14H2,1H3,(H,23,24). The molecular weight excluding hydrogens is 388 g/mol. The quantitative estimate of drug-likeness (QED) is 0.734. The molecule has 5 heteroatoms. The molecule has 0 aliphatic heterocycles. The molecule has 0 saturated heterocycles. The third-order valence-electron chi connectivity index (χ3n) is 7.21. The lowest BCUT2D eigenvalue weighted by Gasteiger charge is -2.53. The van der Waals surface area contributed by atoms with Gasteiger partial charge >= 0.3 is 0 Å². The maximum Gasteiger partial charge on any atom is 0.127 e.